The van der Waals surface area contributed by atoms with Gasteiger partial charge in [-0.2, -0.15) is 0 Å². The van der Waals surface area contributed by atoms with Gasteiger partial charge in [-0.15, -0.1) is 0 Å². The molecule has 1 amide bonds. The number of hydrogen-bond donors (Lipinski definition) is 2. The number of nitrogens with two attached hydrogens (primary N) is 1. The van der Waals surface area contributed by atoms with Gasteiger partial charge in [-0.3, -0.25) is 4.79 Å². The van der Waals surface area contributed by atoms with Crippen molar-refractivity contribution in [3.63, 3.8) is 0 Å². The zero-order valence-corrected chi connectivity index (χ0v) is 11.8. The summed E-state index contributed by atoms with van der Waals surface area (Å²) < 4.78 is 2.01. The van der Waals surface area contributed by atoms with Crippen molar-refractivity contribution in [1.29, 1.82) is 0 Å². The van der Waals surface area contributed by atoms with Crippen molar-refractivity contribution in [2.75, 3.05) is 11.1 Å². The molecule has 0 unspecified atom stereocenters. The fourth-order valence-corrected chi connectivity index (χ4v) is 2.06. The Morgan fingerprint density at radius 2 is 2.15 bits per heavy atom. The molecule has 0 spiro atoms. The lowest BCUT2D eigenvalue weighted by atomic mass is 10.2. The predicted octanol–water partition coefficient (Wildman–Crippen LogP) is 2.62. The van der Waals surface area contributed by atoms with Gasteiger partial charge in [0.05, 0.1) is 11.4 Å². The maximum atomic E-state index is 11.9. The van der Waals surface area contributed by atoms with Crippen molar-refractivity contribution in [3.8, 4) is 0 Å². The molecule has 1 aromatic heterocycles. The lowest BCUT2D eigenvalue weighted by Crippen LogP contribution is -2.16. The fourth-order valence-electron chi connectivity index (χ4n) is 2.06. The highest BCUT2D eigenvalue weighted by molar-refractivity contribution is 5.93. The van der Waals surface area contributed by atoms with Crippen LogP contribution in [0.2, 0.25) is 0 Å². The van der Waals surface area contributed by atoms with E-state index in [1.165, 1.54) is 0 Å². The van der Waals surface area contributed by atoms with Gasteiger partial charge in [-0.1, -0.05) is 26.0 Å². The Labute approximate surface area is 118 Å². The third kappa shape index (κ3) is 3.38. The molecule has 0 aliphatic carbocycles. The summed E-state index contributed by atoms with van der Waals surface area (Å²) in [6, 6.07) is 7.25. The minimum Gasteiger partial charge on any atom is -0.397 e. The minimum atomic E-state index is -0.0497. The molecule has 3 N–H and O–H groups in total. The second-order valence-corrected chi connectivity index (χ2v) is 5.02. The van der Waals surface area contributed by atoms with Gasteiger partial charge in [0.1, 0.15) is 5.82 Å². The Bertz CT molecular complexity index is 589. The molecular formula is C15H20N4O. The van der Waals surface area contributed by atoms with Gasteiger partial charge >= 0.3 is 0 Å². The Morgan fingerprint density at radius 3 is 2.85 bits per heavy atom. The summed E-state index contributed by atoms with van der Waals surface area (Å²) in [4.78, 5) is 16.2. The number of anilines is 2. The highest BCUT2D eigenvalue weighted by atomic mass is 16.1. The maximum absolute atomic E-state index is 11.9. The number of amides is 1. The topological polar surface area (TPSA) is 72.9 Å². The van der Waals surface area contributed by atoms with Crippen molar-refractivity contribution >= 4 is 17.3 Å². The van der Waals surface area contributed by atoms with Crippen LogP contribution in [0.4, 0.5) is 11.4 Å². The summed E-state index contributed by atoms with van der Waals surface area (Å²) in [7, 11) is 0. The van der Waals surface area contributed by atoms with Crippen molar-refractivity contribution in [1.82, 2.24) is 9.55 Å². The molecule has 106 valence electrons. The van der Waals surface area contributed by atoms with Crippen LogP contribution < -0.4 is 11.1 Å². The first kappa shape index (κ1) is 14.1. The summed E-state index contributed by atoms with van der Waals surface area (Å²) >= 11 is 0. The van der Waals surface area contributed by atoms with Crippen molar-refractivity contribution in [3.05, 3.63) is 42.5 Å². The van der Waals surface area contributed by atoms with Crippen LogP contribution in [0.25, 0.3) is 0 Å². The van der Waals surface area contributed by atoms with E-state index in [1.807, 2.05) is 22.9 Å². The highest BCUT2D eigenvalue weighted by Gasteiger charge is 2.09. The predicted molar refractivity (Wildman–Crippen MR) is 80.4 cm³/mol. The molecular weight excluding hydrogens is 252 g/mol. The Kier molecular flexibility index (Phi) is 4.40. The first-order chi connectivity index (χ1) is 9.58. The molecule has 5 nitrogen and oxygen atoms in total. The number of aromatic nitrogens is 2. The molecule has 1 heterocycles. The molecule has 0 radical (unpaired) electrons. The Hall–Kier alpha value is -2.30. The molecule has 2 rings (SSSR count). The van der Waals surface area contributed by atoms with Crippen LogP contribution in [0.1, 0.15) is 32.0 Å². The second kappa shape index (κ2) is 6.23. The van der Waals surface area contributed by atoms with E-state index in [1.54, 1.807) is 18.3 Å². The number of para-hydroxylation sites is 2. The number of hydrogen-bond acceptors (Lipinski definition) is 3. The number of aryl methyl sites for hydroxylation is 1. The first-order valence-corrected chi connectivity index (χ1v) is 6.73. The van der Waals surface area contributed by atoms with Crippen LogP contribution >= 0.6 is 0 Å². The monoisotopic (exact) mass is 272 g/mol. The molecule has 0 bridgehead atoms. The maximum Gasteiger partial charge on any atom is 0.226 e. The van der Waals surface area contributed by atoms with E-state index in [4.69, 9.17) is 5.73 Å². The van der Waals surface area contributed by atoms with Crippen LogP contribution in [-0.2, 0) is 11.3 Å². The largest absolute Gasteiger partial charge is 0.397 e. The van der Waals surface area contributed by atoms with Crippen molar-refractivity contribution in [2.24, 2.45) is 0 Å². The van der Waals surface area contributed by atoms with Gasteiger partial charge < -0.3 is 15.6 Å². The normalized spacial score (nSPS) is 10.8. The molecule has 0 fully saturated rings. The van der Waals surface area contributed by atoms with Gasteiger partial charge in [0.25, 0.3) is 0 Å². The number of nitrogens with one attached hydrogen (secondary N) is 1. The van der Waals surface area contributed by atoms with E-state index in [2.05, 4.69) is 24.1 Å². The molecule has 0 saturated carbocycles. The quantitative estimate of drug-likeness (QED) is 0.822. The fraction of sp³-hybridized carbons (Fsp3) is 0.333. The van der Waals surface area contributed by atoms with Gasteiger partial charge in [-0.25, -0.2) is 4.98 Å². The van der Waals surface area contributed by atoms with Crippen molar-refractivity contribution < 1.29 is 4.79 Å². The molecule has 0 saturated heterocycles. The van der Waals surface area contributed by atoms with Gasteiger partial charge in [0.15, 0.2) is 0 Å². The number of nitrogen functional groups attached to an aromatic ring is 1. The Balaban J connectivity index is 1.93. The van der Waals surface area contributed by atoms with Crippen LogP contribution in [0.3, 0.4) is 0 Å². The summed E-state index contributed by atoms with van der Waals surface area (Å²) in [6.07, 6.45) is 4.06. The number of rotatable bonds is 5. The van der Waals surface area contributed by atoms with Crippen LogP contribution in [0.5, 0.6) is 0 Å². The number of carbonyl (C=O) groups excluding carboxylic acids is 1. The molecule has 0 aliphatic heterocycles. The number of imidazole rings is 1. The van der Waals surface area contributed by atoms with Crippen LogP contribution in [0, 0.1) is 0 Å². The van der Waals surface area contributed by atoms with E-state index in [0.717, 1.165) is 5.82 Å². The molecule has 2 aromatic rings. The lowest BCUT2D eigenvalue weighted by molar-refractivity contribution is -0.116. The zero-order valence-electron chi connectivity index (χ0n) is 11.8. The SMILES string of the molecule is CC(C)c1nccn1CCC(=O)Nc1ccccc1N. The van der Waals surface area contributed by atoms with Gasteiger partial charge in [-0.05, 0) is 12.1 Å². The van der Waals surface area contributed by atoms with E-state index < -0.39 is 0 Å². The average molecular weight is 272 g/mol. The molecule has 20 heavy (non-hydrogen) atoms. The third-order valence-electron chi connectivity index (χ3n) is 3.08. The first-order valence-electron chi connectivity index (χ1n) is 6.73. The molecule has 1 aromatic carbocycles. The second-order valence-electron chi connectivity index (χ2n) is 5.02. The minimum absolute atomic E-state index is 0.0497. The Morgan fingerprint density at radius 1 is 1.40 bits per heavy atom. The third-order valence-corrected chi connectivity index (χ3v) is 3.08. The summed E-state index contributed by atoms with van der Waals surface area (Å²) in [5.74, 6) is 1.29. The number of carbonyl (C=O) groups is 1. The molecule has 5 heteroatoms. The summed E-state index contributed by atoms with van der Waals surface area (Å²) in [5.41, 5.74) is 7.03. The lowest BCUT2D eigenvalue weighted by Gasteiger charge is -2.11. The zero-order chi connectivity index (χ0) is 14.5. The van der Waals surface area contributed by atoms with E-state index in [9.17, 15) is 4.79 Å². The molecule has 0 atom stereocenters. The summed E-state index contributed by atoms with van der Waals surface area (Å²) in [5, 5.41) is 2.82. The number of benzene rings is 1. The molecule has 0 aliphatic rings. The number of nitrogens with zero attached hydrogens (tertiary/aromatic N) is 2. The van der Waals surface area contributed by atoms with E-state index >= 15 is 0 Å². The standard InChI is InChI=1S/C15H20N4O/c1-11(2)15-17-8-10-19(15)9-7-14(20)18-13-6-4-3-5-12(13)16/h3-6,8,10-11H,7,9,16H2,1-2H3,(H,18,20). The average Bonchev–Trinajstić information content (AvgIpc) is 2.88. The summed E-state index contributed by atoms with van der Waals surface area (Å²) in [6.45, 7) is 4.79. The van der Waals surface area contributed by atoms with Crippen molar-refractivity contribution in [2.45, 2.75) is 32.7 Å². The van der Waals surface area contributed by atoms with Crippen LogP contribution in [-0.4, -0.2) is 15.5 Å². The van der Waals surface area contributed by atoms with Gasteiger partial charge in [0, 0.05) is 31.3 Å². The van der Waals surface area contributed by atoms with Gasteiger partial charge in [0.2, 0.25) is 5.91 Å². The van der Waals surface area contributed by atoms with E-state index in [0.29, 0.717) is 30.3 Å². The van der Waals surface area contributed by atoms with Crippen LogP contribution in [0.15, 0.2) is 36.7 Å². The smallest absolute Gasteiger partial charge is 0.226 e. The van der Waals surface area contributed by atoms with E-state index in [-0.39, 0.29) is 5.91 Å². The highest BCUT2D eigenvalue weighted by Crippen LogP contribution is 2.17.